The minimum absolute atomic E-state index is 0.0545. The molecule has 0 aromatic heterocycles. The number of non-ortho nitro benzene ring substituents is 1. The van der Waals surface area contributed by atoms with E-state index >= 15 is 0 Å². The molecule has 0 amide bonds. The zero-order valence-corrected chi connectivity index (χ0v) is 11.0. The maximum absolute atomic E-state index is 13.0. The second-order valence-corrected chi connectivity index (χ2v) is 4.84. The zero-order valence-electron chi connectivity index (χ0n) is 11.0. The summed E-state index contributed by atoms with van der Waals surface area (Å²) >= 11 is 0. The van der Waals surface area contributed by atoms with Crippen LogP contribution in [-0.2, 0) is 4.74 Å². The lowest BCUT2D eigenvalue weighted by molar-refractivity contribution is -0.385. The molecule has 1 N–H and O–H groups in total. The van der Waals surface area contributed by atoms with Crippen LogP contribution in [0, 0.1) is 10.1 Å². The molecule has 2 rings (SSSR count). The molecule has 20 heavy (non-hydrogen) atoms. The second-order valence-electron chi connectivity index (χ2n) is 4.84. The number of nitrogens with zero attached hydrogens (tertiary/aromatic N) is 1. The lowest BCUT2D eigenvalue weighted by Crippen LogP contribution is -2.18. The van der Waals surface area contributed by atoms with Crippen molar-refractivity contribution < 1.29 is 18.4 Å². The number of benzene rings is 1. The lowest BCUT2D eigenvalue weighted by atomic mass is 10.1. The SMILES string of the molecule is COC1CCC(Nc2ccc([N+](=O)[O-])cc2C(F)F)C1. The molecule has 0 aliphatic heterocycles. The van der Waals surface area contributed by atoms with Crippen LogP contribution in [0.4, 0.5) is 20.2 Å². The third-order valence-electron chi connectivity index (χ3n) is 3.56. The third-order valence-corrected chi connectivity index (χ3v) is 3.56. The van der Waals surface area contributed by atoms with Crippen LogP contribution >= 0.6 is 0 Å². The summed E-state index contributed by atoms with van der Waals surface area (Å²) in [6, 6.07) is 3.56. The van der Waals surface area contributed by atoms with Crippen molar-refractivity contribution in [2.24, 2.45) is 0 Å². The Bertz CT molecular complexity index is 497. The summed E-state index contributed by atoms with van der Waals surface area (Å²) in [7, 11) is 1.63. The van der Waals surface area contributed by atoms with Crippen molar-refractivity contribution in [3.63, 3.8) is 0 Å². The van der Waals surface area contributed by atoms with Crippen LogP contribution in [0.3, 0.4) is 0 Å². The molecular weight excluding hydrogens is 270 g/mol. The fraction of sp³-hybridized carbons (Fsp3) is 0.538. The predicted molar refractivity (Wildman–Crippen MR) is 70.1 cm³/mol. The number of hydrogen-bond acceptors (Lipinski definition) is 4. The molecule has 2 atom stereocenters. The van der Waals surface area contributed by atoms with Gasteiger partial charge in [0.2, 0.25) is 0 Å². The van der Waals surface area contributed by atoms with Crippen molar-refractivity contribution >= 4 is 11.4 Å². The van der Waals surface area contributed by atoms with E-state index in [0.717, 1.165) is 25.3 Å². The average molecular weight is 286 g/mol. The Morgan fingerprint density at radius 2 is 2.20 bits per heavy atom. The molecule has 110 valence electrons. The normalized spacial score (nSPS) is 22.2. The molecule has 7 heteroatoms. The van der Waals surface area contributed by atoms with E-state index in [1.165, 1.54) is 12.1 Å². The number of methoxy groups -OCH3 is 1. The first-order valence-electron chi connectivity index (χ1n) is 6.37. The molecular formula is C13H16F2N2O3. The van der Waals surface area contributed by atoms with E-state index in [2.05, 4.69) is 5.32 Å². The van der Waals surface area contributed by atoms with Gasteiger partial charge in [-0.2, -0.15) is 0 Å². The summed E-state index contributed by atoms with van der Waals surface area (Å²) in [4.78, 5) is 9.96. The van der Waals surface area contributed by atoms with Crippen LogP contribution in [0.5, 0.6) is 0 Å². The number of anilines is 1. The average Bonchev–Trinajstić information content (AvgIpc) is 2.86. The van der Waals surface area contributed by atoms with Gasteiger partial charge in [0.1, 0.15) is 0 Å². The number of alkyl halides is 2. The summed E-state index contributed by atoms with van der Waals surface area (Å²) in [5.74, 6) is 0. The van der Waals surface area contributed by atoms with Crippen LogP contribution in [0.1, 0.15) is 31.3 Å². The summed E-state index contributed by atoms with van der Waals surface area (Å²) in [6.45, 7) is 0. The van der Waals surface area contributed by atoms with E-state index in [-0.39, 0.29) is 29.1 Å². The summed E-state index contributed by atoms with van der Waals surface area (Å²) in [5.41, 5.74) is -0.403. The Balaban J connectivity index is 2.17. The van der Waals surface area contributed by atoms with Crippen LogP contribution < -0.4 is 5.32 Å². The van der Waals surface area contributed by atoms with Gasteiger partial charge in [0.05, 0.1) is 11.0 Å². The maximum Gasteiger partial charge on any atom is 0.270 e. The number of nitro benzene ring substituents is 1. The third kappa shape index (κ3) is 3.22. The molecule has 1 aliphatic carbocycles. The van der Waals surface area contributed by atoms with Gasteiger partial charge in [0.25, 0.3) is 12.1 Å². The van der Waals surface area contributed by atoms with Gasteiger partial charge < -0.3 is 10.1 Å². The Kier molecular flexibility index (Phi) is 4.49. The van der Waals surface area contributed by atoms with Crippen molar-refractivity contribution in [3.8, 4) is 0 Å². The highest BCUT2D eigenvalue weighted by molar-refractivity contribution is 5.57. The van der Waals surface area contributed by atoms with Crippen molar-refractivity contribution in [2.75, 3.05) is 12.4 Å². The van der Waals surface area contributed by atoms with Crippen LogP contribution in [0.25, 0.3) is 0 Å². The number of ether oxygens (including phenoxy) is 1. The quantitative estimate of drug-likeness (QED) is 0.664. The molecule has 1 aliphatic rings. The fourth-order valence-electron chi connectivity index (χ4n) is 2.48. The largest absolute Gasteiger partial charge is 0.382 e. The number of nitrogens with one attached hydrogen (secondary N) is 1. The van der Waals surface area contributed by atoms with Crippen LogP contribution in [-0.4, -0.2) is 24.2 Å². The van der Waals surface area contributed by atoms with Gasteiger partial charge in [-0.25, -0.2) is 8.78 Å². The number of halogens is 2. The minimum atomic E-state index is -2.75. The zero-order chi connectivity index (χ0) is 14.7. The molecule has 0 heterocycles. The molecule has 2 unspecified atom stereocenters. The van der Waals surface area contributed by atoms with Gasteiger partial charge >= 0.3 is 0 Å². The fourth-order valence-corrected chi connectivity index (χ4v) is 2.48. The summed E-state index contributed by atoms with van der Waals surface area (Å²) in [5, 5.41) is 13.7. The van der Waals surface area contributed by atoms with Gasteiger partial charge in [0.15, 0.2) is 0 Å². The molecule has 1 fully saturated rings. The molecule has 1 saturated carbocycles. The number of nitro groups is 1. The van der Waals surface area contributed by atoms with Gasteiger partial charge in [-0.05, 0) is 25.3 Å². The van der Waals surface area contributed by atoms with Crippen LogP contribution in [0.2, 0.25) is 0 Å². The van der Waals surface area contributed by atoms with Crippen molar-refractivity contribution in [1.29, 1.82) is 0 Å². The lowest BCUT2D eigenvalue weighted by Gasteiger charge is -2.17. The van der Waals surface area contributed by atoms with Crippen molar-refractivity contribution in [1.82, 2.24) is 0 Å². The van der Waals surface area contributed by atoms with E-state index < -0.39 is 11.3 Å². The predicted octanol–water partition coefficient (Wildman–Crippen LogP) is 3.51. The monoisotopic (exact) mass is 286 g/mol. The maximum atomic E-state index is 13.0. The highest BCUT2D eigenvalue weighted by Crippen LogP contribution is 2.33. The second kappa shape index (κ2) is 6.13. The van der Waals surface area contributed by atoms with E-state index in [4.69, 9.17) is 4.74 Å². The molecule has 0 radical (unpaired) electrons. The summed E-state index contributed by atoms with van der Waals surface area (Å²) in [6.07, 6.45) is -0.156. The smallest absolute Gasteiger partial charge is 0.270 e. The van der Waals surface area contributed by atoms with Gasteiger partial charge in [-0.15, -0.1) is 0 Å². The minimum Gasteiger partial charge on any atom is -0.382 e. The topological polar surface area (TPSA) is 64.4 Å². The van der Waals surface area contributed by atoms with Crippen molar-refractivity contribution in [3.05, 3.63) is 33.9 Å². The highest BCUT2D eigenvalue weighted by Gasteiger charge is 2.26. The summed E-state index contributed by atoms with van der Waals surface area (Å²) < 4.78 is 31.2. The molecule has 0 bridgehead atoms. The van der Waals surface area contributed by atoms with E-state index in [9.17, 15) is 18.9 Å². The van der Waals surface area contributed by atoms with Gasteiger partial charge in [-0.1, -0.05) is 0 Å². The number of hydrogen-bond donors (Lipinski definition) is 1. The van der Waals surface area contributed by atoms with E-state index in [0.29, 0.717) is 0 Å². The van der Waals surface area contributed by atoms with Gasteiger partial charge in [0, 0.05) is 36.5 Å². The highest BCUT2D eigenvalue weighted by atomic mass is 19.3. The van der Waals surface area contributed by atoms with Crippen molar-refractivity contribution in [2.45, 2.75) is 37.8 Å². The number of rotatable bonds is 5. The molecule has 0 saturated heterocycles. The first kappa shape index (κ1) is 14.6. The molecule has 5 nitrogen and oxygen atoms in total. The first-order valence-corrected chi connectivity index (χ1v) is 6.37. The van der Waals surface area contributed by atoms with E-state index in [1.807, 2.05) is 0 Å². The Hall–Kier alpha value is -1.76. The van der Waals surface area contributed by atoms with Gasteiger partial charge in [-0.3, -0.25) is 10.1 Å². The Morgan fingerprint density at radius 1 is 1.45 bits per heavy atom. The molecule has 0 spiro atoms. The molecule has 1 aromatic carbocycles. The molecule has 1 aromatic rings. The standard InChI is InChI=1S/C13H16F2N2O3/c1-20-10-4-2-8(6-10)16-12-5-3-9(17(18)19)7-11(12)13(14)15/h3,5,7-8,10,13,16H,2,4,6H2,1H3. The van der Waals surface area contributed by atoms with Crippen LogP contribution in [0.15, 0.2) is 18.2 Å². The first-order chi connectivity index (χ1) is 9.51. The Labute approximate surface area is 115 Å². The Morgan fingerprint density at radius 3 is 2.75 bits per heavy atom. The van der Waals surface area contributed by atoms with E-state index in [1.54, 1.807) is 7.11 Å².